The summed E-state index contributed by atoms with van der Waals surface area (Å²) >= 11 is 19.9. The minimum atomic E-state index is -0.446. The Balaban J connectivity index is 1.64. The summed E-state index contributed by atoms with van der Waals surface area (Å²) in [6.07, 6.45) is 0. The minimum Gasteiger partial charge on any atom is -0.379 e. The number of carbonyl (C=O) groups excluding carboxylic acids is 1. The molecular formula is C21H18Cl3N3O2S. The topological polar surface area (TPSA) is 54.5 Å². The highest BCUT2D eigenvalue weighted by Gasteiger charge is 2.22. The van der Waals surface area contributed by atoms with Gasteiger partial charge in [-0.2, -0.15) is 0 Å². The molecule has 1 aliphatic heterocycles. The molecule has 1 amide bonds. The van der Waals surface area contributed by atoms with Gasteiger partial charge in [0, 0.05) is 30.1 Å². The molecule has 30 heavy (non-hydrogen) atoms. The SMILES string of the molecule is O=C(Nc1nc(-c2ccccc2)c(CN2CCOCC2)s1)c1c(Cl)ccc(Cl)c1Cl. The maximum Gasteiger partial charge on any atom is 0.260 e. The van der Waals surface area contributed by atoms with E-state index in [-0.39, 0.29) is 20.6 Å². The number of hydrogen-bond donors (Lipinski definition) is 1. The molecule has 0 aliphatic carbocycles. The van der Waals surface area contributed by atoms with Crippen molar-refractivity contribution in [3.05, 3.63) is 68.0 Å². The fraction of sp³-hybridized carbons (Fsp3) is 0.238. The van der Waals surface area contributed by atoms with Crippen molar-refractivity contribution in [3.8, 4) is 11.3 Å². The van der Waals surface area contributed by atoms with Gasteiger partial charge in [0.25, 0.3) is 5.91 Å². The quantitative estimate of drug-likeness (QED) is 0.463. The van der Waals surface area contributed by atoms with Gasteiger partial charge in [-0.3, -0.25) is 15.0 Å². The van der Waals surface area contributed by atoms with E-state index >= 15 is 0 Å². The van der Waals surface area contributed by atoms with Gasteiger partial charge < -0.3 is 4.74 Å². The van der Waals surface area contributed by atoms with E-state index in [9.17, 15) is 4.79 Å². The van der Waals surface area contributed by atoms with Crippen molar-refractivity contribution in [3.63, 3.8) is 0 Å². The third kappa shape index (κ3) is 4.80. The molecule has 1 N–H and O–H groups in total. The highest BCUT2D eigenvalue weighted by atomic mass is 35.5. The van der Waals surface area contributed by atoms with Gasteiger partial charge in [0.05, 0.1) is 39.5 Å². The van der Waals surface area contributed by atoms with Gasteiger partial charge in [-0.15, -0.1) is 0 Å². The van der Waals surface area contributed by atoms with Crippen LogP contribution in [0, 0.1) is 0 Å². The average Bonchev–Trinajstić information content (AvgIpc) is 3.14. The molecule has 1 fully saturated rings. The Morgan fingerprint density at radius 2 is 1.77 bits per heavy atom. The first-order valence-corrected chi connectivity index (χ1v) is 11.3. The van der Waals surface area contributed by atoms with Crippen LogP contribution in [0.15, 0.2) is 42.5 Å². The maximum atomic E-state index is 12.9. The summed E-state index contributed by atoms with van der Waals surface area (Å²) in [5, 5.41) is 3.93. The average molecular weight is 483 g/mol. The fourth-order valence-corrected chi connectivity index (χ4v) is 4.91. The number of rotatable bonds is 5. The number of nitrogens with one attached hydrogen (secondary N) is 1. The number of ether oxygens (including phenoxy) is 1. The highest BCUT2D eigenvalue weighted by molar-refractivity contribution is 7.16. The highest BCUT2D eigenvalue weighted by Crippen LogP contribution is 2.35. The van der Waals surface area contributed by atoms with Gasteiger partial charge >= 0.3 is 0 Å². The Morgan fingerprint density at radius 1 is 1.07 bits per heavy atom. The third-order valence-electron chi connectivity index (χ3n) is 4.71. The van der Waals surface area contributed by atoms with Crippen molar-refractivity contribution in [2.24, 2.45) is 0 Å². The summed E-state index contributed by atoms with van der Waals surface area (Å²) in [6.45, 7) is 3.90. The Hall–Kier alpha value is -1.67. The van der Waals surface area contributed by atoms with Crippen LogP contribution in [0.3, 0.4) is 0 Å². The van der Waals surface area contributed by atoms with Gasteiger partial charge in [-0.25, -0.2) is 4.98 Å². The zero-order valence-electron chi connectivity index (χ0n) is 15.8. The molecule has 0 atom stereocenters. The molecule has 0 bridgehead atoms. The second-order valence-electron chi connectivity index (χ2n) is 6.72. The number of aromatic nitrogens is 1. The van der Waals surface area contributed by atoms with Gasteiger partial charge in [0.1, 0.15) is 0 Å². The molecule has 0 saturated carbocycles. The van der Waals surface area contributed by atoms with Crippen LogP contribution in [0.1, 0.15) is 15.2 Å². The number of carbonyl (C=O) groups is 1. The van der Waals surface area contributed by atoms with Crippen LogP contribution in [0.5, 0.6) is 0 Å². The monoisotopic (exact) mass is 481 g/mol. The predicted octanol–water partition coefficient (Wildman–Crippen LogP) is 5.85. The summed E-state index contributed by atoms with van der Waals surface area (Å²) in [5.41, 5.74) is 1.99. The number of hydrogen-bond acceptors (Lipinski definition) is 5. The van der Waals surface area contributed by atoms with Gasteiger partial charge in [0.2, 0.25) is 0 Å². The maximum absolute atomic E-state index is 12.9. The van der Waals surface area contributed by atoms with Gasteiger partial charge in [-0.1, -0.05) is 76.5 Å². The Bertz CT molecular complexity index is 1050. The lowest BCUT2D eigenvalue weighted by Crippen LogP contribution is -2.35. The number of thiazole rings is 1. The van der Waals surface area contributed by atoms with E-state index in [1.807, 2.05) is 30.3 Å². The van der Waals surface area contributed by atoms with E-state index in [0.717, 1.165) is 49.0 Å². The zero-order valence-corrected chi connectivity index (χ0v) is 18.9. The minimum absolute atomic E-state index is 0.120. The van der Waals surface area contributed by atoms with Crippen molar-refractivity contribution in [1.82, 2.24) is 9.88 Å². The molecule has 2 aromatic carbocycles. The Morgan fingerprint density at radius 3 is 2.50 bits per heavy atom. The lowest BCUT2D eigenvalue weighted by molar-refractivity contribution is 0.0347. The van der Waals surface area contributed by atoms with Crippen molar-refractivity contribution < 1.29 is 9.53 Å². The predicted molar refractivity (Wildman–Crippen MR) is 123 cm³/mol. The Labute approximate surface area is 193 Å². The van der Waals surface area contributed by atoms with Crippen LogP contribution in [-0.2, 0) is 11.3 Å². The number of morpholine rings is 1. The van der Waals surface area contributed by atoms with Crippen LogP contribution in [0.2, 0.25) is 15.1 Å². The number of halogens is 3. The fourth-order valence-electron chi connectivity index (χ4n) is 3.19. The summed E-state index contributed by atoms with van der Waals surface area (Å²) < 4.78 is 5.44. The van der Waals surface area contributed by atoms with E-state index in [4.69, 9.17) is 44.5 Å². The second kappa shape index (κ2) is 9.64. The second-order valence-corrected chi connectivity index (χ2v) is 8.99. The van der Waals surface area contributed by atoms with Crippen molar-refractivity contribution >= 4 is 57.2 Å². The third-order valence-corrected chi connectivity index (χ3v) is 6.78. The van der Waals surface area contributed by atoms with Crippen LogP contribution < -0.4 is 5.32 Å². The largest absolute Gasteiger partial charge is 0.379 e. The lowest BCUT2D eigenvalue weighted by atomic mass is 10.1. The van der Waals surface area contributed by atoms with E-state index in [0.29, 0.717) is 5.13 Å². The summed E-state index contributed by atoms with van der Waals surface area (Å²) in [7, 11) is 0. The van der Waals surface area contributed by atoms with E-state index in [1.54, 1.807) is 12.1 Å². The first kappa shape index (κ1) is 21.6. The summed E-state index contributed by atoms with van der Waals surface area (Å²) in [6, 6.07) is 13.0. The van der Waals surface area contributed by atoms with E-state index < -0.39 is 5.91 Å². The van der Waals surface area contributed by atoms with E-state index in [2.05, 4.69) is 10.2 Å². The summed E-state index contributed by atoms with van der Waals surface area (Å²) in [5.74, 6) is -0.446. The van der Waals surface area contributed by atoms with Crippen molar-refractivity contribution in [1.29, 1.82) is 0 Å². The van der Waals surface area contributed by atoms with E-state index in [1.165, 1.54) is 11.3 Å². The van der Waals surface area contributed by atoms with Crippen LogP contribution in [0.4, 0.5) is 5.13 Å². The number of benzene rings is 2. The molecule has 0 spiro atoms. The Kier molecular flexibility index (Phi) is 6.93. The van der Waals surface area contributed by atoms with Crippen LogP contribution >= 0.6 is 46.1 Å². The molecule has 9 heteroatoms. The molecule has 0 radical (unpaired) electrons. The number of anilines is 1. The molecule has 156 valence electrons. The molecule has 1 aromatic heterocycles. The molecule has 2 heterocycles. The van der Waals surface area contributed by atoms with Gasteiger partial charge in [0.15, 0.2) is 5.13 Å². The first-order chi connectivity index (χ1) is 14.5. The van der Waals surface area contributed by atoms with Crippen molar-refractivity contribution in [2.45, 2.75) is 6.54 Å². The molecular weight excluding hydrogens is 465 g/mol. The molecule has 4 rings (SSSR count). The van der Waals surface area contributed by atoms with Crippen LogP contribution in [0.25, 0.3) is 11.3 Å². The molecule has 3 aromatic rings. The van der Waals surface area contributed by atoms with Crippen LogP contribution in [-0.4, -0.2) is 42.1 Å². The first-order valence-electron chi connectivity index (χ1n) is 9.33. The van der Waals surface area contributed by atoms with Gasteiger partial charge in [-0.05, 0) is 12.1 Å². The molecule has 1 aliphatic rings. The molecule has 0 unspecified atom stereocenters. The zero-order chi connectivity index (χ0) is 21.1. The standard InChI is InChI=1S/C21H18Cl3N3O2S/c22-14-6-7-15(23)18(24)17(14)20(28)26-21-25-19(13-4-2-1-3-5-13)16(30-21)12-27-8-10-29-11-9-27/h1-7H,8-12H2,(H,25,26,28). The number of nitrogens with zero attached hydrogens (tertiary/aromatic N) is 2. The van der Waals surface area contributed by atoms with Crippen molar-refractivity contribution in [2.75, 3.05) is 31.6 Å². The molecule has 1 saturated heterocycles. The smallest absolute Gasteiger partial charge is 0.260 e. The lowest BCUT2D eigenvalue weighted by Gasteiger charge is -2.26. The number of amides is 1. The molecule has 5 nitrogen and oxygen atoms in total. The summed E-state index contributed by atoms with van der Waals surface area (Å²) in [4.78, 5) is 20.9. The normalized spacial score (nSPS) is 14.6.